The molecule has 0 aliphatic heterocycles. The van der Waals surface area contributed by atoms with Crippen LogP contribution in [-0.4, -0.2) is 57.0 Å². The van der Waals surface area contributed by atoms with E-state index in [-0.39, 0.29) is 11.9 Å². The quantitative estimate of drug-likeness (QED) is 0.685. The van der Waals surface area contributed by atoms with Crippen LogP contribution in [0.15, 0.2) is 6.33 Å². The summed E-state index contributed by atoms with van der Waals surface area (Å²) in [6.07, 6.45) is 1.07. The number of hydrogen-bond donors (Lipinski definition) is 2. The number of aromatic nitrogens is 4. The molecule has 2 heterocycles. The van der Waals surface area contributed by atoms with Crippen molar-refractivity contribution in [3.8, 4) is 5.88 Å². The Morgan fingerprint density at radius 3 is 2.76 bits per heavy atom. The lowest BCUT2D eigenvalue weighted by Crippen LogP contribution is -3.12. The summed E-state index contributed by atoms with van der Waals surface area (Å²) >= 11 is 5.86. The topological polar surface area (TPSA) is 77.5 Å². The number of aliphatic hydroxyl groups is 1. The standard InChI is InChI=1S/C13H20ClN5O2/c1-4-19(5-2)6-9(20)7-21-12-10-11(15-8-18(10)3)16-13(14)17-12/h8-9,20H,4-7H2,1-3H3/p+1/t9-/m1/s1. The largest absolute Gasteiger partial charge is 0.473 e. The first-order valence-electron chi connectivity index (χ1n) is 7.04. The molecule has 0 fully saturated rings. The zero-order valence-corrected chi connectivity index (χ0v) is 13.3. The van der Waals surface area contributed by atoms with Crippen LogP contribution >= 0.6 is 11.6 Å². The number of quaternary nitrogens is 1. The molecular weight excluding hydrogens is 294 g/mol. The normalized spacial score (nSPS) is 13.0. The third-order valence-electron chi connectivity index (χ3n) is 3.45. The van der Waals surface area contributed by atoms with E-state index in [1.165, 1.54) is 4.90 Å². The Morgan fingerprint density at radius 1 is 1.38 bits per heavy atom. The fourth-order valence-corrected chi connectivity index (χ4v) is 2.36. The average Bonchev–Trinajstić information content (AvgIpc) is 2.83. The number of aliphatic hydroxyl groups excluding tert-OH is 1. The van der Waals surface area contributed by atoms with Crippen molar-refractivity contribution in [3.05, 3.63) is 11.6 Å². The lowest BCUT2D eigenvalue weighted by Gasteiger charge is -2.19. The first kappa shape index (κ1) is 15.9. The summed E-state index contributed by atoms with van der Waals surface area (Å²) in [6, 6.07) is 0. The Balaban J connectivity index is 2.08. The highest BCUT2D eigenvalue weighted by Gasteiger charge is 2.16. The van der Waals surface area contributed by atoms with Gasteiger partial charge >= 0.3 is 0 Å². The Labute approximate surface area is 128 Å². The number of fused-ring (bicyclic) bond motifs is 1. The lowest BCUT2D eigenvalue weighted by atomic mass is 10.3. The zero-order valence-electron chi connectivity index (χ0n) is 12.5. The van der Waals surface area contributed by atoms with Crippen molar-refractivity contribution in [2.24, 2.45) is 7.05 Å². The molecule has 2 aromatic heterocycles. The molecule has 0 radical (unpaired) electrons. The number of imidazole rings is 1. The van der Waals surface area contributed by atoms with Crippen molar-refractivity contribution in [1.29, 1.82) is 0 Å². The molecule has 0 saturated heterocycles. The van der Waals surface area contributed by atoms with Crippen molar-refractivity contribution in [3.63, 3.8) is 0 Å². The van der Waals surface area contributed by atoms with Gasteiger partial charge in [-0.3, -0.25) is 0 Å². The molecule has 0 saturated carbocycles. The van der Waals surface area contributed by atoms with Crippen molar-refractivity contribution >= 4 is 22.8 Å². The zero-order chi connectivity index (χ0) is 15.4. The number of hydrogen-bond acceptors (Lipinski definition) is 5. The number of aryl methyl sites for hydroxylation is 1. The molecule has 0 amide bonds. The molecule has 7 nitrogen and oxygen atoms in total. The van der Waals surface area contributed by atoms with E-state index in [9.17, 15) is 5.11 Å². The van der Waals surface area contributed by atoms with E-state index in [1.807, 2.05) is 7.05 Å². The third-order valence-corrected chi connectivity index (χ3v) is 3.62. The lowest BCUT2D eigenvalue weighted by molar-refractivity contribution is -0.899. The molecule has 0 spiro atoms. The molecule has 21 heavy (non-hydrogen) atoms. The minimum Gasteiger partial charge on any atom is -0.473 e. The molecule has 2 rings (SSSR count). The monoisotopic (exact) mass is 314 g/mol. The minimum atomic E-state index is -0.558. The summed E-state index contributed by atoms with van der Waals surface area (Å²) in [6.45, 7) is 6.93. The van der Waals surface area contributed by atoms with Crippen molar-refractivity contribution < 1.29 is 14.7 Å². The average molecular weight is 315 g/mol. The van der Waals surface area contributed by atoms with Crippen LogP contribution in [0.5, 0.6) is 5.88 Å². The molecule has 0 aliphatic rings. The number of rotatable bonds is 7. The molecule has 2 N–H and O–H groups in total. The summed E-state index contributed by atoms with van der Waals surface area (Å²) < 4.78 is 7.40. The van der Waals surface area contributed by atoms with Crippen LogP contribution in [0.3, 0.4) is 0 Å². The fourth-order valence-electron chi connectivity index (χ4n) is 2.20. The van der Waals surface area contributed by atoms with Crippen molar-refractivity contribution in [2.45, 2.75) is 20.0 Å². The molecule has 2 aromatic rings. The number of halogens is 1. The Kier molecular flexibility index (Phi) is 5.33. The molecule has 8 heteroatoms. The van der Waals surface area contributed by atoms with E-state index in [2.05, 4.69) is 28.8 Å². The van der Waals surface area contributed by atoms with Crippen LogP contribution in [0, 0.1) is 0 Å². The summed E-state index contributed by atoms with van der Waals surface area (Å²) in [7, 11) is 1.83. The number of likely N-dealkylation sites (N-methyl/N-ethyl adjacent to an activating group) is 1. The highest BCUT2D eigenvalue weighted by Crippen LogP contribution is 2.22. The minimum absolute atomic E-state index is 0.0834. The van der Waals surface area contributed by atoms with Crippen molar-refractivity contribution in [1.82, 2.24) is 19.5 Å². The maximum absolute atomic E-state index is 10.1. The second kappa shape index (κ2) is 7.02. The number of nitrogens with one attached hydrogen (secondary N) is 1. The van der Waals surface area contributed by atoms with Crippen LogP contribution in [0.25, 0.3) is 11.2 Å². The van der Waals surface area contributed by atoms with E-state index in [4.69, 9.17) is 16.3 Å². The SMILES string of the molecule is CC[NH+](CC)C[C@@H](O)COc1nc(Cl)nc2ncn(C)c12. The fraction of sp³-hybridized carbons (Fsp3) is 0.615. The Morgan fingerprint density at radius 2 is 2.10 bits per heavy atom. The van der Waals surface area contributed by atoms with Crippen LogP contribution in [0.1, 0.15) is 13.8 Å². The molecule has 0 aromatic carbocycles. The highest BCUT2D eigenvalue weighted by molar-refractivity contribution is 6.28. The van der Waals surface area contributed by atoms with Gasteiger partial charge < -0.3 is 19.3 Å². The molecule has 0 bridgehead atoms. The van der Waals surface area contributed by atoms with Gasteiger partial charge in [0, 0.05) is 7.05 Å². The van der Waals surface area contributed by atoms with Gasteiger partial charge in [0.2, 0.25) is 11.2 Å². The van der Waals surface area contributed by atoms with Gasteiger partial charge in [0.15, 0.2) is 11.2 Å². The Bertz CT molecular complexity index is 600. The molecule has 0 unspecified atom stereocenters. The van der Waals surface area contributed by atoms with Crippen LogP contribution in [0.4, 0.5) is 0 Å². The van der Waals surface area contributed by atoms with E-state index in [0.29, 0.717) is 23.6 Å². The maximum atomic E-state index is 10.1. The smallest absolute Gasteiger partial charge is 0.244 e. The summed E-state index contributed by atoms with van der Waals surface area (Å²) in [5.41, 5.74) is 1.15. The second-order valence-electron chi connectivity index (χ2n) is 4.95. The van der Waals surface area contributed by atoms with Crippen LogP contribution < -0.4 is 9.64 Å². The van der Waals surface area contributed by atoms with Gasteiger partial charge in [0.05, 0.1) is 19.4 Å². The van der Waals surface area contributed by atoms with E-state index < -0.39 is 6.10 Å². The summed E-state index contributed by atoms with van der Waals surface area (Å²) in [5.74, 6) is 0.346. The predicted octanol–water partition coefficient (Wildman–Crippen LogP) is -0.319. The van der Waals surface area contributed by atoms with Gasteiger partial charge in [-0.05, 0) is 25.4 Å². The number of ether oxygens (including phenoxy) is 1. The Hall–Kier alpha value is -1.44. The van der Waals surface area contributed by atoms with E-state index in [1.54, 1.807) is 10.9 Å². The molecule has 0 aliphatic carbocycles. The molecule has 116 valence electrons. The van der Waals surface area contributed by atoms with Gasteiger partial charge in [0.1, 0.15) is 19.3 Å². The molecular formula is C13H21ClN5O2+. The van der Waals surface area contributed by atoms with E-state index >= 15 is 0 Å². The number of nitrogens with zero attached hydrogens (tertiary/aromatic N) is 4. The van der Waals surface area contributed by atoms with Gasteiger partial charge in [-0.1, -0.05) is 0 Å². The maximum Gasteiger partial charge on any atom is 0.244 e. The van der Waals surface area contributed by atoms with Crippen molar-refractivity contribution in [2.75, 3.05) is 26.2 Å². The van der Waals surface area contributed by atoms with Crippen LogP contribution in [-0.2, 0) is 7.05 Å². The van der Waals surface area contributed by atoms with Gasteiger partial charge in [-0.25, -0.2) is 4.98 Å². The van der Waals surface area contributed by atoms with Gasteiger partial charge in [-0.2, -0.15) is 9.97 Å². The van der Waals surface area contributed by atoms with E-state index in [0.717, 1.165) is 13.1 Å². The van der Waals surface area contributed by atoms with Gasteiger partial charge in [-0.15, -0.1) is 0 Å². The summed E-state index contributed by atoms with van der Waals surface area (Å²) in [4.78, 5) is 13.6. The highest BCUT2D eigenvalue weighted by atomic mass is 35.5. The summed E-state index contributed by atoms with van der Waals surface area (Å²) in [5, 5.41) is 10.1. The van der Waals surface area contributed by atoms with Crippen LogP contribution in [0.2, 0.25) is 5.28 Å². The predicted molar refractivity (Wildman–Crippen MR) is 79.7 cm³/mol. The molecule has 1 atom stereocenters. The van der Waals surface area contributed by atoms with Gasteiger partial charge in [0.25, 0.3) is 0 Å². The second-order valence-corrected chi connectivity index (χ2v) is 5.29. The first-order valence-corrected chi connectivity index (χ1v) is 7.41. The first-order chi connectivity index (χ1) is 10.0. The third kappa shape index (κ3) is 3.81.